The minimum atomic E-state index is -0.933. The summed E-state index contributed by atoms with van der Waals surface area (Å²) in [6, 6.07) is 18.1. The molecule has 1 atom stereocenters. The van der Waals surface area contributed by atoms with E-state index < -0.39 is 23.8 Å². The molecule has 1 saturated heterocycles. The Bertz CT molecular complexity index is 1650. The third kappa shape index (κ3) is 9.02. The summed E-state index contributed by atoms with van der Waals surface area (Å²) in [7, 11) is 0. The number of amides is 2. The normalized spacial score (nSPS) is 13.4. The fraction of sp³-hybridized carbons (Fsp3) is 0.368. The number of aromatic nitrogens is 3. The maximum absolute atomic E-state index is 13.4. The Kier molecular flexibility index (Phi) is 11.9. The summed E-state index contributed by atoms with van der Waals surface area (Å²) in [5.41, 5.74) is 4.74. The van der Waals surface area contributed by atoms with E-state index in [2.05, 4.69) is 27.2 Å². The molecule has 0 spiro atoms. The fourth-order valence-electron chi connectivity index (χ4n) is 5.53. The lowest BCUT2D eigenvalue weighted by Gasteiger charge is -2.38. The largest absolute Gasteiger partial charge is 0.494 e. The van der Waals surface area contributed by atoms with E-state index in [1.807, 2.05) is 61.5 Å². The van der Waals surface area contributed by atoms with Crippen molar-refractivity contribution in [1.29, 1.82) is 0 Å². The van der Waals surface area contributed by atoms with Crippen LogP contribution in [0.5, 0.6) is 5.75 Å². The van der Waals surface area contributed by atoms with E-state index in [0.717, 1.165) is 53.0 Å². The highest BCUT2D eigenvalue weighted by Crippen LogP contribution is 2.24. The summed E-state index contributed by atoms with van der Waals surface area (Å²) >= 11 is 0. The maximum atomic E-state index is 13.4. The molecule has 5 rings (SSSR count). The highest BCUT2D eigenvalue weighted by Gasteiger charge is 2.38. The van der Waals surface area contributed by atoms with Crippen molar-refractivity contribution in [3.63, 3.8) is 0 Å². The Morgan fingerprint density at radius 2 is 1.48 bits per heavy atom. The number of hydrogen-bond donors (Lipinski definition) is 2. The van der Waals surface area contributed by atoms with Gasteiger partial charge in [0.25, 0.3) is 5.91 Å². The second kappa shape index (κ2) is 16.6. The number of carbonyl (C=O) groups excluding carboxylic acids is 2. The van der Waals surface area contributed by atoms with Crippen LogP contribution in [0.2, 0.25) is 0 Å². The molecule has 0 unspecified atom stereocenters. The fourth-order valence-corrected chi connectivity index (χ4v) is 5.53. The van der Waals surface area contributed by atoms with Gasteiger partial charge in [0.1, 0.15) is 17.5 Å². The monoisotopic (exact) mass is 649 g/mol. The Hall–Kier alpha value is -5.12. The molecule has 48 heavy (non-hydrogen) atoms. The number of nitrogens with one attached hydrogen (secondary N) is 1. The second-order valence-electron chi connectivity index (χ2n) is 12.2. The van der Waals surface area contributed by atoms with Crippen LogP contribution in [-0.4, -0.2) is 68.5 Å². The van der Waals surface area contributed by atoms with Gasteiger partial charge in [-0.15, -0.1) is 0 Å². The number of pyridine rings is 1. The topological polar surface area (TPSA) is 135 Å². The summed E-state index contributed by atoms with van der Waals surface area (Å²) in [6.45, 7) is 5.18. The zero-order chi connectivity index (χ0) is 33.9. The third-order valence-electron chi connectivity index (χ3n) is 8.62. The van der Waals surface area contributed by atoms with E-state index in [9.17, 15) is 19.5 Å². The van der Waals surface area contributed by atoms with Crippen LogP contribution in [0.3, 0.4) is 0 Å². The second-order valence-corrected chi connectivity index (χ2v) is 12.2. The van der Waals surface area contributed by atoms with Crippen LogP contribution < -0.4 is 10.1 Å². The highest BCUT2D eigenvalue weighted by atomic mass is 16.5. The number of rotatable bonds is 16. The highest BCUT2D eigenvalue weighted by molar-refractivity contribution is 5.96. The van der Waals surface area contributed by atoms with Gasteiger partial charge in [-0.3, -0.25) is 19.4 Å². The molecule has 2 amide bonds. The Labute approximate surface area is 281 Å². The zero-order valence-corrected chi connectivity index (χ0v) is 27.6. The van der Waals surface area contributed by atoms with Gasteiger partial charge in [0, 0.05) is 49.2 Å². The predicted octanol–water partition coefficient (Wildman–Crippen LogP) is 6.00. The molecule has 1 fully saturated rings. The van der Waals surface area contributed by atoms with Crippen LogP contribution in [0, 0.1) is 5.92 Å². The average molecular weight is 650 g/mol. The summed E-state index contributed by atoms with van der Waals surface area (Å²) in [6.07, 6.45) is 12.3. The summed E-state index contributed by atoms with van der Waals surface area (Å²) in [4.78, 5) is 52.6. The molecule has 2 N–H and O–H groups in total. The van der Waals surface area contributed by atoms with Gasteiger partial charge in [-0.1, -0.05) is 82.0 Å². The van der Waals surface area contributed by atoms with Crippen molar-refractivity contribution in [2.24, 2.45) is 5.92 Å². The molecule has 4 aromatic rings. The van der Waals surface area contributed by atoms with E-state index in [0.29, 0.717) is 5.82 Å². The first-order valence-electron chi connectivity index (χ1n) is 16.8. The number of aliphatic carboxylic acids is 1. The molecule has 1 aliphatic rings. The third-order valence-corrected chi connectivity index (χ3v) is 8.62. The molecule has 2 aromatic heterocycles. The number of ether oxygens (including phenoxy) is 1. The van der Waals surface area contributed by atoms with Crippen LogP contribution in [0.15, 0.2) is 79.3 Å². The Balaban J connectivity index is 1.21. The predicted molar refractivity (Wildman–Crippen MR) is 183 cm³/mol. The van der Waals surface area contributed by atoms with Gasteiger partial charge in [-0.2, -0.15) is 0 Å². The summed E-state index contributed by atoms with van der Waals surface area (Å²) in [5, 5.41) is 12.1. The minimum absolute atomic E-state index is 0.118. The number of hydrogen-bond acceptors (Lipinski definition) is 7. The smallest absolute Gasteiger partial charge is 0.310 e. The minimum Gasteiger partial charge on any atom is -0.494 e. The van der Waals surface area contributed by atoms with Gasteiger partial charge >= 0.3 is 5.97 Å². The molecule has 0 bridgehead atoms. The molecule has 3 heterocycles. The van der Waals surface area contributed by atoms with Crippen molar-refractivity contribution in [3.05, 3.63) is 96.1 Å². The molecule has 0 radical (unpaired) electrons. The lowest BCUT2D eigenvalue weighted by Crippen LogP contribution is -2.59. The van der Waals surface area contributed by atoms with Crippen LogP contribution in [0.1, 0.15) is 67.6 Å². The number of likely N-dealkylation sites (tertiary alicyclic amines) is 1. The van der Waals surface area contributed by atoms with Crippen molar-refractivity contribution in [2.45, 2.75) is 64.8 Å². The molecule has 250 valence electrons. The molecule has 0 aliphatic carbocycles. The SMILES string of the molecule is CCCCCCCOc1ccc(-c2cnc(-c3ccc(C[C@H](NC(=O)c4ccc(CC)cn4)C(=O)N4CC(C(=O)O)C4)cc3)nc2)cc1. The lowest BCUT2D eigenvalue weighted by atomic mass is 9.97. The van der Waals surface area contributed by atoms with Gasteiger partial charge in [0.05, 0.1) is 12.5 Å². The quantitative estimate of drug-likeness (QED) is 0.141. The molecular formula is C38H43N5O5. The van der Waals surface area contributed by atoms with E-state index in [4.69, 9.17) is 4.74 Å². The summed E-state index contributed by atoms with van der Waals surface area (Å²) in [5.74, 6) is -0.893. The van der Waals surface area contributed by atoms with Crippen LogP contribution in [0.4, 0.5) is 0 Å². The molecule has 10 nitrogen and oxygen atoms in total. The number of unbranched alkanes of at least 4 members (excludes halogenated alkanes) is 4. The van der Waals surface area contributed by atoms with Gasteiger partial charge < -0.3 is 20.1 Å². The van der Waals surface area contributed by atoms with Crippen LogP contribution >= 0.6 is 0 Å². The standard InChI is InChI=1S/C38H43N5O5/c1-3-5-6-7-8-19-48-32-16-14-28(15-17-32)30-22-40-35(41-23-30)29-12-9-27(10-13-29)20-34(37(45)43-24-31(25-43)38(46)47)42-36(44)33-18-11-26(4-2)21-39-33/h9-18,21-23,31,34H,3-8,19-20,24-25H2,1-2H3,(H,42,44)(H,46,47)/t34-/m0/s1. The number of carbonyl (C=O) groups is 3. The molecular weight excluding hydrogens is 606 g/mol. The van der Waals surface area contributed by atoms with E-state index in [-0.39, 0.29) is 31.1 Å². The van der Waals surface area contributed by atoms with Crippen LogP contribution in [-0.2, 0) is 22.4 Å². The summed E-state index contributed by atoms with van der Waals surface area (Å²) < 4.78 is 5.88. The number of carboxylic acids is 1. The maximum Gasteiger partial charge on any atom is 0.310 e. The number of benzene rings is 2. The van der Waals surface area contributed by atoms with Crippen molar-refractivity contribution in [2.75, 3.05) is 19.7 Å². The number of aryl methyl sites for hydroxylation is 1. The molecule has 2 aromatic carbocycles. The van der Waals surface area contributed by atoms with Gasteiger partial charge in [0.2, 0.25) is 5.91 Å². The van der Waals surface area contributed by atoms with Crippen LogP contribution in [0.25, 0.3) is 22.5 Å². The van der Waals surface area contributed by atoms with Crippen molar-refractivity contribution in [1.82, 2.24) is 25.2 Å². The number of carboxylic acid groups (broad SMARTS) is 1. The Morgan fingerprint density at radius 3 is 2.10 bits per heavy atom. The van der Waals surface area contributed by atoms with Gasteiger partial charge in [0.15, 0.2) is 5.82 Å². The van der Waals surface area contributed by atoms with Crippen molar-refractivity contribution in [3.8, 4) is 28.3 Å². The van der Waals surface area contributed by atoms with E-state index in [1.165, 1.54) is 30.6 Å². The molecule has 0 saturated carbocycles. The lowest BCUT2D eigenvalue weighted by molar-refractivity contribution is -0.153. The first-order chi connectivity index (χ1) is 23.3. The molecule has 1 aliphatic heterocycles. The average Bonchev–Trinajstić information content (AvgIpc) is 3.09. The first-order valence-corrected chi connectivity index (χ1v) is 16.8. The van der Waals surface area contributed by atoms with Gasteiger partial charge in [-0.25, -0.2) is 9.97 Å². The number of nitrogens with zero attached hydrogens (tertiary/aromatic N) is 4. The van der Waals surface area contributed by atoms with Crippen molar-refractivity contribution >= 4 is 17.8 Å². The first kappa shape index (κ1) is 34.2. The van der Waals surface area contributed by atoms with E-state index in [1.54, 1.807) is 24.7 Å². The zero-order valence-electron chi connectivity index (χ0n) is 27.6. The molecule has 10 heteroatoms. The van der Waals surface area contributed by atoms with Gasteiger partial charge in [-0.05, 0) is 47.7 Å². The van der Waals surface area contributed by atoms with E-state index >= 15 is 0 Å². The Morgan fingerprint density at radius 1 is 0.812 bits per heavy atom. The van der Waals surface area contributed by atoms with Crippen molar-refractivity contribution < 1.29 is 24.2 Å².